The van der Waals surface area contributed by atoms with Crippen LogP contribution in [-0.4, -0.2) is 48.3 Å². The fraction of sp³-hybridized carbons (Fsp3) is 0.375. The van der Waals surface area contributed by atoms with Crippen molar-refractivity contribution in [1.82, 2.24) is 15.0 Å². The molecule has 0 aliphatic carbocycles. The topological polar surface area (TPSA) is 89.7 Å². The van der Waals surface area contributed by atoms with Gasteiger partial charge in [-0.3, -0.25) is 9.69 Å². The van der Waals surface area contributed by atoms with E-state index in [2.05, 4.69) is 20.4 Å². The number of carbonyl (C=O) groups excluding carboxylic acids is 1. The second kappa shape index (κ2) is 9.82. The van der Waals surface area contributed by atoms with Gasteiger partial charge in [0.2, 0.25) is 17.6 Å². The highest BCUT2D eigenvalue weighted by Crippen LogP contribution is 2.30. The zero-order valence-corrected chi connectivity index (χ0v) is 18.6. The lowest BCUT2D eigenvalue weighted by atomic mass is 9.95. The summed E-state index contributed by atoms with van der Waals surface area (Å²) < 4.78 is 16.1. The molecule has 3 aromatic rings. The van der Waals surface area contributed by atoms with Crippen LogP contribution in [0.3, 0.4) is 0 Å². The summed E-state index contributed by atoms with van der Waals surface area (Å²) in [5.41, 5.74) is 2.75. The Hall–Kier alpha value is -3.39. The fourth-order valence-electron chi connectivity index (χ4n) is 3.83. The standard InChI is InChI=1S/C24H28N4O4/c1-16-4-6-17(7-5-16)23-26-22(32-27-23)15-28-12-10-18(11-13-28)24(29)25-20-14-19(30-2)8-9-21(20)31-3/h4-9,14,18H,10-13,15H2,1-3H3,(H,25,29). The second-order valence-electron chi connectivity index (χ2n) is 7.98. The summed E-state index contributed by atoms with van der Waals surface area (Å²) in [6.07, 6.45) is 1.52. The van der Waals surface area contributed by atoms with Gasteiger partial charge in [0, 0.05) is 17.5 Å². The highest BCUT2D eigenvalue weighted by atomic mass is 16.5. The molecule has 2 aromatic carbocycles. The summed E-state index contributed by atoms with van der Waals surface area (Å²) in [6, 6.07) is 13.4. The fourth-order valence-corrected chi connectivity index (χ4v) is 3.83. The van der Waals surface area contributed by atoms with Crippen LogP contribution in [0.2, 0.25) is 0 Å². The molecule has 0 radical (unpaired) electrons. The molecular formula is C24H28N4O4. The molecule has 0 unspecified atom stereocenters. The number of nitrogens with one attached hydrogen (secondary N) is 1. The maximum Gasteiger partial charge on any atom is 0.241 e. The lowest BCUT2D eigenvalue weighted by molar-refractivity contribution is -0.121. The van der Waals surface area contributed by atoms with Crippen LogP contribution in [0.15, 0.2) is 47.0 Å². The number of ether oxygens (including phenoxy) is 2. The smallest absolute Gasteiger partial charge is 0.241 e. The first-order chi connectivity index (χ1) is 15.6. The molecule has 1 aromatic heterocycles. The van der Waals surface area contributed by atoms with Gasteiger partial charge in [-0.2, -0.15) is 4.98 Å². The number of carbonyl (C=O) groups is 1. The first-order valence-electron chi connectivity index (χ1n) is 10.7. The van der Waals surface area contributed by atoms with Crippen LogP contribution in [-0.2, 0) is 11.3 Å². The van der Waals surface area contributed by atoms with Gasteiger partial charge in [-0.1, -0.05) is 35.0 Å². The third-order valence-electron chi connectivity index (χ3n) is 5.76. The first kappa shape index (κ1) is 21.8. The molecule has 0 atom stereocenters. The van der Waals surface area contributed by atoms with Gasteiger partial charge in [-0.25, -0.2) is 0 Å². The van der Waals surface area contributed by atoms with Gasteiger partial charge in [0.1, 0.15) is 11.5 Å². The van der Waals surface area contributed by atoms with Crippen molar-refractivity contribution in [3.63, 3.8) is 0 Å². The number of hydrogen-bond donors (Lipinski definition) is 1. The van der Waals surface area contributed by atoms with E-state index in [-0.39, 0.29) is 11.8 Å². The predicted octanol–water partition coefficient (Wildman–Crippen LogP) is 3.91. The Kier molecular flexibility index (Phi) is 6.70. The molecule has 2 heterocycles. The predicted molar refractivity (Wildman–Crippen MR) is 121 cm³/mol. The van der Waals surface area contributed by atoms with E-state index < -0.39 is 0 Å². The van der Waals surface area contributed by atoms with Gasteiger partial charge in [0.25, 0.3) is 0 Å². The van der Waals surface area contributed by atoms with Gasteiger partial charge < -0.3 is 19.3 Å². The Labute approximate surface area is 187 Å². The van der Waals surface area contributed by atoms with Gasteiger partial charge in [-0.15, -0.1) is 0 Å². The highest BCUT2D eigenvalue weighted by molar-refractivity contribution is 5.94. The quantitative estimate of drug-likeness (QED) is 0.600. The number of rotatable bonds is 7. The second-order valence-corrected chi connectivity index (χ2v) is 7.98. The first-order valence-corrected chi connectivity index (χ1v) is 10.7. The molecular weight excluding hydrogens is 408 g/mol. The molecule has 0 spiro atoms. The van der Waals surface area contributed by atoms with Gasteiger partial charge in [0.05, 0.1) is 26.5 Å². The highest BCUT2D eigenvalue weighted by Gasteiger charge is 2.26. The molecule has 1 saturated heterocycles. The number of nitrogens with zero attached hydrogens (tertiary/aromatic N) is 3. The summed E-state index contributed by atoms with van der Waals surface area (Å²) in [5, 5.41) is 7.10. The van der Waals surface area contributed by atoms with E-state index in [1.54, 1.807) is 32.4 Å². The molecule has 1 fully saturated rings. The Morgan fingerprint density at radius 2 is 1.88 bits per heavy atom. The van der Waals surface area contributed by atoms with Crippen LogP contribution < -0.4 is 14.8 Å². The average Bonchev–Trinajstić information content (AvgIpc) is 3.28. The number of benzene rings is 2. The van der Waals surface area contributed by atoms with Crippen molar-refractivity contribution in [1.29, 1.82) is 0 Å². The molecule has 168 valence electrons. The SMILES string of the molecule is COc1ccc(OC)c(NC(=O)C2CCN(Cc3nc(-c4ccc(C)cc4)no3)CC2)c1. The number of methoxy groups -OCH3 is 2. The minimum Gasteiger partial charge on any atom is -0.497 e. The zero-order valence-electron chi connectivity index (χ0n) is 18.6. The lowest BCUT2D eigenvalue weighted by Crippen LogP contribution is -2.37. The summed E-state index contributed by atoms with van der Waals surface area (Å²) >= 11 is 0. The molecule has 8 heteroatoms. The van der Waals surface area contributed by atoms with Crippen molar-refractivity contribution in [2.45, 2.75) is 26.3 Å². The van der Waals surface area contributed by atoms with Crippen molar-refractivity contribution in [2.75, 3.05) is 32.6 Å². The molecule has 1 amide bonds. The number of aromatic nitrogens is 2. The van der Waals surface area contributed by atoms with Crippen LogP contribution >= 0.6 is 0 Å². The minimum absolute atomic E-state index is 0.00403. The van der Waals surface area contributed by atoms with Crippen LogP contribution in [0.4, 0.5) is 5.69 Å². The summed E-state index contributed by atoms with van der Waals surface area (Å²) in [7, 11) is 3.17. The van der Waals surface area contributed by atoms with Crippen molar-refractivity contribution >= 4 is 11.6 Å². The summed E-state index contributed by atoms with van der Waals surface area (Å²) in [6.45, 7) is 4.20. The molecule has 32 heavy (non-hydrogen) atoms. The minimum atomic E-state index is -0.0621. The number of aryl methyl sites for hydroxylation is 1. The molecule has 1 aliphatic rings. The number of likely N-dealkylation sites (tertiary alicyclic amines) is 1. The number of amides is 1. The van der Waals surface area contributed by atoms with Crippen LogP contribution in [0, 0.1) is 12.8 Å². The van der Waals surface area contributed by atoms with Crippen molar-refractivity contribution in [2.24, 2.45) is 5.92 Å². The van der Waals surface area contributed by atoms with E-state index in [0.717, 1.165) is 31.5 Å². The van der Waals surface area contributed by atoms with E-state index >= 15 is 0 Å². The van der Waals surface area contributed by atoms with Crippen LogP contribution in [0.5, 0.6) is 11.5 Å². The number of piperidine rings is 1. The van der Waals surface area contributed by atoms with E-state index in [4.69, 9.17) is 14.0 Å². The monoisotopic (exact) mass is 436 g/mol. The third-order valence-corrected chi connectivity index (χ3v) is 5.76. The Morgan fingerprint density at radius 3 is 2.56 bits per heavy atom. The summed E-state index contributed by atoms with van der Waals surface area (Å²) in [4.78, 5) is 19.6. The zero-order chi connectivity index (χ0) is 22.5. The van der Waals surface area contributed by atoms with Gasteiger partial charge >= 0.3 is 0 Å². The Balaban J connectivity index is 1.31. The van der Waals surface area contributed by atoms with E-state index in [1.807, 2.05) is 31.2 Å². The summed E-state index contributed by atoms with van der Waals surface area (Å²) in [5.74, 6) is 2.40. The van der Waals surface area contributed by atoms with Gasteiger partial charge in [0.15, 0.2) is 0 Å². The number of hydrogen-bond acceptors (Lipinski definition) is 7. The Bertz CT molecular complexity index is 1060. The van der Waals surface area contributed by atoms with Crippen molar-refractivity contribution in [3.05, 3.63) is 53.9 Å². The molecule has 0 saturated carbocycles. The molecule has 1 N–H and O–H groups in total. The lowest BCUT2D eigenvalue weighted by Gasteiger charge is -2.30. The van der Waals surface area contributed by atoms with E-state index in [9.17, 15) is 4.79 Å². The van der Waals surface area contributed by atoms with E-state index in [1.165, 1.54) is 5.56 Å². The average molecular weight is 437 g/mol. The molecule has 0 bridgehead atoms. The van der Waals surface area contributed by atoms with Crippen LogP contribution in [0.25, 0.3) is 11.4 Å². The van der Waals surface area contributed by atoms with Crippen LogP contribution in [0.1, 0.15) is 24.3 Å². The normalized spacial score (nSPS) is 14.8. The van der Waals surface area contributed by atoms with E-state index in [0.29, 0.717) is 35.4 Å². The Morgan fingerprint density at radius 1 is 1.12 bits per heavy atom. The maximum atomic E-state index is 12.8. The maximum absolute atomic E-state index is 12.8. The number of anilines is 1. The van der Waals surface area contributed by atoms with Crippen molar-refractivity contribution < 1.29 is 18.8 Å². The third kappa shape index (κ3) is 5.08. The van der Waals surface area contributed by atoms with Crippen molar-refractivity contribution in [3.8, 4) is 22.9 Å². The largest absolute Gasteiger partial charge is 0.497 e. The molecule has 4 rings (SSSR count). The van der Waals surface area contributed by atoms with Gasteiger partial charge in [-0.05, 0) is 45.0 Å². The molecule has 1 aliphatic heterocycles. The molecule has 8 nitrogen and oxygen atoms in total.